The standard InChI is InChI=1S/C22H24O6/c1-15-9-6-7-10-16-17(11-8-13-18(16)23)21(22(27)28-15)19(24)12-4-2-3-5-14-20(25)26/h2-5,8,11-15,23-24H,6-7,9-10H2,1H3,(H,25,26)/b3-2+,12-4+,14-5+,21-19+. The van der Waals surface area contributed by atoms with Crippen LogP contribution in [0.3, 0.4) is 0 Å². The third kappa shape index (κ3) is 5.87. The van der Waals surface area contributed by atoms with Crippen LogP contribution in [0.5, 0.6) is 5.75 Å². The Morgan fingerprint density at radius 1 is 1.11 bits per heavy atom. The van der Waals surface area contributed by atoms with Crippen molar-refractivity contribution in [3.8, 4) is 5.75 Å². The lowest BCUT2D eigenvalue weighted by Gasteiger charge is -2.20. The molecule has 148 valence electrons. The molecule has 6 heteroatoms. The molecule has 1 aliphatic heterocycles. The number of hydrogen-bond acceptors (Lipinski definition) is 5. The van der Waals surface area contributed by atoms with E-state index in [-0.39, 0.29) is 23.2 Å². The molecule has 0 amide bonds. The molecule has 0 saturated carbocycles. The summed E-state index contributed by atoms with van der Waals surface area (Å²) in [4.78, 5) is 23.1. The number of carboxylic acids is 1. The van der Waals surface area contributed by atoms with Gasteiger partial charge in [-0.25, -0.2) is 9.59 Å². The highest BCUT2D eigenvalue weighted by molar-refractivity contribution is 6.18. The first-order chi connectivity index (χ1) is 13.4. The molecule has 2 rings (SSSR count). The monoisotopic (exact) mass is 384 g/mol. The molecule has 1 atom stereocenters. The minimum Gasteiger partial charge on any atom is -0.508 e. The van der Waals surface area contributed by atoms with Gasteiger partial charge >= 0.3 is 11.9 Å². The SMILES string of the molecule is CC1CCCCc2c(O)cccc2/C(=C(O)/C=C/C=C/C=C/C(=O)O)C(=O)O1. The third-order valence-corrected chi connectivity index (χ3v) is 4.30. The molecule has 6 nitrogen and oxygen atoms in total. The van der Waals surface area contributed by atoms with Gasteiger partial charge < -0.3 is 20.1 Å². The number of carbonyl (C=O) groups excluding carboxylic acids is 1. The van der Waals surface area contributed by atoms with Crippen LogP contribution in [0.15, 0.2) is 60.4 Å². The molecule has 1 heterocycles. The summed E-state index contributed by atoms with van der Waals surface area (Å²) in [5.74, 6) is -1.94. The van der Waals surface area contributed by atoms with Crippen molar-refractivity contribution >= 4 is 17.5 Å². The number of rotatable bonds is 4. The summed E-state index contributed by atoms with van der Waals surface area (Å²) >= 11 is 0. The summed E-state index contributed by atoms with van der Waals surface area (Å²) < 4.78 is 5.46. The maximum absolute atomic E-state index is 12.7. The number of fused-ring (bicyclic) bond motifs is 1. The molecule has 0 aromatic heterocycles. The number of benzene rings is 1. The van der Waals surface area contributed by atoms with Crippen molar-refractivity contribution in [1.29, 1.82) is 0 Å². The van der Waals surface area contributed by atoms with Crippen LogP contribution in [0.2, 0.25) is 0 Å². The van der Waals surface area contributed by atoms with Gasteiger partial charge in [0.25, 0.3) is 0 Å². The van der Waals surface area contributed by atoms with Crippen LogP contribution in [0.1, 0.15) is 37.3 Å². The Morgan fingerprint density at radius 2 is 1.82 bits per heavy atom. The Hall–Kier alpha value is -3.28. The smallest absolute Gasteiger partial charge is 0.342 e. The van der Waals surface area contributed by atoms with Crippen molar-refractivity contribution < 1.29 is 29.6 Å². The predicted molar refractivity (Wildman–Crippen MR) is 106 cm³/mol. The first-order valence-electron chi connectivity index (χ1n) is 9.10. The highest BCUT2D eigenvalue weighted by Gasteiger charge is 2.25. The lowest BCUT2D eigenvalue weighted by molar-refractivity contribution is -0.141. The molecule has 3 N–H and O–H groups in total. The molecular weight excluding hydrogens is 360 g/mol. The second-order valence-electron chi connectivity index (χ2n) is 6.47. The van der Waals surface area contributed by atoms with Crippen molar-refractivity contribution in [2.24, 2.45) is 0 Å². The zero-order valence-electron chi connectivity index (χ0n) is 15.7. The van der Waals surface area contributed by atoms with Gasteiger partial charge in [0.2, 0.25) is 0 Å². The van der Waals surface area contributed by atoms with Crippen LogP contribution in [0.4, 0.5) is 0 Å². The summed E-state index contributed by atoms with van der Waals surface area (Å²) in [6.07, 6.45) is 10.8. The summed E-state index contributed by atoms with van der Waals surface area (Å²) in [7, 11) is 0. The molecule has 0 radical (unpaired) electrons. The first-order valence-corrected chi connectivity index (χ1v) is 9.10. The largest absolute Gasteiger partial charge is 0.508 e. The zero-order chi connectivity index (χ0) is 20.5. The van der Waals surface area contributed by atoms with Gasteiger partial charge in [0.1, 0.15) is 17.1 Å². The molecule has 0 spiro atoms. The second-order valence-corrected chi connectivity index (χ2v) is 6.47. The number of ether oxygens (including phenoxy) is 1. The number of phenols is 1. The summed E-state index contributed by atoms with van der Waals surface area (Å²) in [5.41, 5.74) is 1.03. The minimum atomic E-state index is -1.06. The van der Waals surface area contributed by atoms with Gasteiger partial charge in [-0.15, -0.1) is 0 Å². The third-order valence-electron chi connectivity index (χ3n) is 4.30. The van der Waals surface area contributed by atoms with E-state index in [0.717, 1.165) is 18.9 Å². The fraction of sp³-hybridized carbons (Fsp3) is 0.273. The Morgan fingerprint density at radius 3 is 2.54 bits per heavy atom. The highest BCUT2D eigenvalue weighted by Crippen LogP contribution is 2.32. The van der Waals surface area contributed by atoms with Gasteiger partial charge in [0.15, 0.2) is 0 Å². The van der Waals surface area contributed by atoms with Crippen LogP contribution < -0.4 is 0 Å². The summed E-state index contributed by atoms with van der Waals surface area (Å²) in [6.45, 7) is 1.81. The summed E-state index contributed by atoms with van der Waals surface area (Å²) in [5, 5.41) is 29.3. The second kappa shape index (κ2) is 10.2. The molecule has 1 unspecified atom stereocenters. The molecule has 1 aromatic rings. The van der Waals surface area contributed by atoms with E-state index in [1.165, 1.54) is 30.4 Å². The number of cyclic esters (lactones) is 1. The van der Waals surface area contributed by atoms with Crippen molar-refractivity contribution in [2.75, 3.05) is 0 Å². The van der Waals surface area contributed by atoms with Crippen LogP contribution in [-0.4, -0.2) is 33.4 Å². The number of hydrogen-bond donors (Lipinski definition) is 3. The quantitative estimate of drug-likeness (QED) is 0.313. The number of aromatic hydroxyl groups is 1. The number of esters is 1. The van der Waals surface area contributed by atoms with Crippen LogP contribution in [0.25, 0.3) is 5.57 Å². The summed E-state index contributed by atoms with van der Waals surface area (Å²) in [6, 6.07) is 4.85. The van der Waals surface area contributed by atoms with Crippen LogP contribution >= 0.6 is 0 Å². The first kappa shape index (κ1) is 21.0. The Kier molecular flexibility index (Phi) is 7.63. The number of aliphatic hydroxyl groups excluding tert-OH is 1. The number of carbonyl (C=O) groups is 2. The van der Waals surface area contributed by atoms with Crippen molar-refractivity contribution in [1.82, 2.24) is 0 Å². The highest BCUT2D eigenvalue weighted by atomic mass is 16.5. The van der Waals surface area contributed by atoms with Crippen LogP contribution in [0, 0.1) is 0 Å². The maximum Gasteiger partial charge on any atom is 0.342 e. The van der Waals surface area contributed by atoms with Crippen molar-refractivity contribution in [2.45, 2.75) is 38.7 Å². The predicted octanol–water partition coefficient (Wildman–Crippen LogP) is 4.07. The number of carboxylic acid groups (broad SMARTS) is 1. The number of allylic oxidation sites excluding steroid dienone is 5. The van der Waals surface area contributed by atoms with E-state index in [2.05, 4.69) is 0 Å². The van der Waals surface area contributed by atoms with Gasteiger partial charge in [-0.3, -0.25) is 0 Å². The average molecular weight is 384 g/mol. The van der Waals surface area contributed by atoms with E-state index in [4.69, 9.17) is 9.84 Å². The zero-order valence-corrected chi connectivity index (χ0v) is 15.7. The van der Waals surface area contributed by atoms with E-state index in [9.17, 15) is 19.8 Å². The molecular formula is C22H24O6. The number of aliphatic hydroxyl groups is 1. The van der Waals surface area contributed by atoms with E-state index < -0.39 is 11.9 Å². The van der Waals surface area contributed by atoms with Gasteiger partial charge in [0.05, 0.1) is 6.10 Å². The molecule has 0 saturated heterocycles. The maximum atomic E-state index is 12.7. The van der Waals surface area contributed by atoms with Gasteiger partial charge in [-0.2, -0.15) is 0 Å². The van der Waals surface area contributed by atoms with Gasteiger partial charge in [0, 0.05) is 11.6 Å². The Labute approximate surface area is 163 Å². The molecule has 0 aliphatic carbocycles. The normalized spacial score (nSPS) is 20.3. The Bertz CT molecular complexity index is 845. The minimum absolute atomic E-state index is 0.00891. The molecule has 28 heavy (non-hydrogen) atoms. The molecule has 0 fully saturated rings. The van der Waals surface area contributed by atoms with Crippen LogP contribution in [-0.2, 0) is 20.7 Å². The average Bonchev–Trinajstić information content (AvgIpc) is 2.63. The fourth-order valence-electron chi connectivity index (χ4n) is 2.95. The topological polar surface area (TPSA) is 104 Å². The van der Waals surface area contributed by atoms with E-state index in [1.54, 1.807) is 18.2 Å². The number of phenolic OH excluding ortho intramolecular Hbond substituents is 1. The van der Waals surface area contributed by atoms with E-state index in [0.29, 0.717) is 24.0 Å². The van der Waals surface area contributed by atoms with Crippen molar-refractivity contribution in [3.63, 3.8) is 0 Å². The molecule has 1 aromatic carbocycles. The molecule has 1 aliphatic rings. The lowest BCUT2D eigenvalue weighted by atomic mass is 9.93. The van der Waals surface area contributed by atoms with Gasteiger partial charge in [-0.05, 0) is 50.3 Å². The fourth-order valence-corrected chi connectivity index (χ4v) is 2.95. The lowest BCUT2D eigenvalue weighted by Crippen LogP contribution is -2.19. The Balaban J connectivity index is 2.44. The van der Waals surface area contributed by atoms with E-state index >= 15 is 0 Å². The molecule has 0 bridgehead atoms. The van der Waals surface area contributed by atoms with Crippen molar-refractivity contribution in [3.05, 3.63) is 71.5 Å². The van der Waals surface area contributed by atoms with E-state index in [1.807, 2.05) is 6.92 Å². The van der Waals surface area contributed by atoms with Gasteiger partial charge in [-0.1, -0.05) is 36.4 Å². The number of aliphatic carboxylic acids is 1.